The zero-order valence-corrected chi connectivity index (χ0v) is 11.6. The molecule has 0 aromatic carbocycles. The van der Waals surface area contributed by atoms with Crippen LogP contribution in [0, 0.1) is 5.92 Å². The van der Waals surface area contributed by atoms with E-state index in [4.69, 9.17) is 14.3 Å². The third-order valence-electron chi connectivity index (χ3n) is 2.67. The van der Waals surface area contributed by atoms with Gasteiger partial charge in [-0.1, -0.05) is 13.8 Å². The zero-order chi connectivity index (χ0) is 13.9. The molecular weight excluding hydrogens is 234 g/mol. The second kappa shape index (κ2) is 5.52. The van der Waals surface area contributed by atoms with Gasteiger partial charge in [0.2, 0.25) is 5.76 Å². The number of nitrogens with zero attached hydrogens (tertiary/aromatic N) is 1. The second-order valence-electron chi connectivity index (χ2n) is 5.43. The molecule has 0 bridgehead atoms. The van der Waals surface area contributed by atoms with E-state index < -0.39 is 11.6 Å². The van der Waals surface area contributed by atoms with Gasteiger partial charge >= 0.3 is 5.97 Å². The van der Waals surface area contributed by atoms with E-state index in [1.165, 1.54) is 0 Å². The summed E-state index contributed by atoms with van der Waals surface area (Å²) in [6.45, 7) is 7.83. The van der Waals surface area contributed by atoms with Crippen LogP contribution in [-0.4, -0.2) is 28.8 Å². The first-order chi connectivity index (χ1) is 8.25. The topological polar surface area (TPSA) is 72.6 Å². The van der Waals surface area contributed by atoms with Gasteiger partial charge in [-0.05, 0) is 26.2 Å². The average Bonchev–Trinajstić information content (AvgIpc) is 2.59. The first-order valence-corrected chi connectivity index (χ1v) is 6.02. The minimum atomic E-state index is -1.07. The van der Waals surface area contributed by atoms with E-state index in [0.717, 1.165) is 0 Å². The van der Waals surface area contributed by atoms with E-state index >= 15 is 0 Å². The molecule has 102 valence electrons. The molecule has 1 N–H and O–H groups in total. The van der Waals surface area contributed by atoms with Gasteiger partial charge in [-0.2, -0.15) is 0 Å². The molecule has 0 atom stereocenters. The highest BCUT2D eigenvalue weighted by Gasteiger charge is 2.25. The fourth-order valence-electron chi connectivity index (χ4n) is 1.60. The highest BCUT2D eigenvalue weighted by molar-refractivity contribution is 5.85. The van der Waals surface area contributed by atoms with Crippen LogP contribution >= 0.6 is 0 Å². The zero-order valence-electron chi connectivity index (χ0n) is 11.6. The third kappa shape index (κ3) is 3.84. The number of carboxylic acid groups (broad SMARTS) is 1. The van der Waals surface area contributed by atoms with E-state index in [-0.39, 0.29) is 5.76 Å². The lowest BCUT2D eigenvalue weighted by Gasteiger charge is -2.20. The van der Waals surface area contributed by atoms with Crippen molar-refractivity contribution in [1.29, 1.82) is 0 Å². The molecular formula is C13H21NO4. The third-order valence-corrected chi connectivity index (χ3v) is 2.67. The van der Waals surface area contributed by atoms with Crippen LogP contribution in [-0.2, 0) is 17.6 Å². The Morgan fingerprint density at radius 1 is 1.50 bits per heavy atom. The number of rotatable bonds is 6. The predicted molar refractivity (Wildman–Crippen MR) is 66.8 cm³/mol. The second-order valence-corrected chi connectivity index (χ2v) is 5.43. The number of aromatic carboxylic acids is 1. The molecule has 0 unspecified atom stereocenters. The van der Waals surface area contributed by atoms with Crippen molar-refractivity contribution in [2.24, 2.45) is 5.92 Å². The molecule has 18 heavy (non-hydrogen) atoms. The van der Waals surface area contributed by atoms with Crippen LogP contribution in [0.5, 0.6) is 0 Å². The number of oxazole rings is 1. The Morgan fingerprint density at radius 3 is 2.56 bits per heavy atom. The average molecular weight is 255 g/mol. The molecule has 0 saturated carbocycles. The Balaban J connectivity index is 2.99. The molecule has 5 heteroatoms. The van der Waals surface area contributed by atoms with E-state index in [0.29, 0.717) is 30.3 Å². The van der Waals surface area contributed by atoms with Crippen molar-refractivity contribution in [3.05, 3.63) is 17.3 Å². The minimum Gasteiger partial charge on any atom is -0.475 e. The van der Waals surface area contributed by atoms with Crippen molar-refractivity contribution in [2.45, 2.75) is 46.1 Å². The first kappa shape index (κ1) is 14.7. The summed E-state index contributed by atoms with van der Waals surface area (Å²) in [5.41, 5.74) is 0.0924. The van der Waals surface area contributed by atoms with Crippen LogP contribution in [0.3, 0.4) is 0 Å². The maximum Gasteiger partial charge on any atom is 0.373 e. The maximum absolute atomic E-state index is 11.1. The van der Waals surface area contributed by atoms with Crippen molar-refractivity contribution in [3.8, 4) is 0 Å². The summed E-state index contributed by atoms with van der Waals surface area (Å²) >= 11 is 0. The molecule has 0 fully saturated rings. The molecule has 0 saturated heterocycles. The molecule has 5 nitrogen and oxygen atoms in total. The van der Waals surface area contributed by atoms with Crippen LogP contribution in [0.25, 0.3) is 0 Å². The molecule has 0 spiro atoms. The van der Waals surface area contributed by atoms with Gasteiger partial charge in [0.25, 0.3) is 0 Å². The Bertz CT molecular complexity index is 421. The molecule has 1 heterocycles. The van der Waals surface area contributed by atoms with Crippen molar-refractivity contribution in [2.75, 3.05) is 7.11 Å². The summed E-state index contributed by atoms with van der Waals surface area (Å²) in [4.78, 5) is 15.4. The number of hydrogen-bond donors (Lipinski definition) is 1. The number of aromatic nitrogens is 1. The lowest BCUT2D eigenvalue weighted by atomic mass is 10.1. The molecule has 0 radical (unpaired) electrons. The number of hydrogen-bond acceptors (Lipinski definition) is 4. The predicted octanol–water partition coefficient (Wildman–Crippen LogP) is 2.54. The van der Waals surface area contributed by atoms with E-state index in [2.05, 4.69) is 4.98 Å². The first-order valence-electron chi connectivity index (χ1n) is 6.02. The highest BCUT2D eigenvalue weighted by atomic mass is 16.5. The summed E-state index contributed by atoms with van der Waals surface area (Å²) < 4.78 is 10.6. The van der Waals surface area contributed by atoms with Crippen molar-refractivity contribution in [3.63, 3.8) is 0 Å². The highest BCUT2D eigenvalue weighted by Crippen LogP contribution is 2.20. The van der Waals surface area contributed by atoms with Crippen LogP contribution in [0.4, 0.5) is 0 Å². The maximum atomic E-state index is 11.1. The fraction of sp³-hybridized carbons (Fsp3) is 0.692. The van der Waals surface area contributed by atoms with Gasteiger partial charge < -0.3 is 14.3 Å². The SMILES string of the molecule is COC(C)(C)Cc1nc(CC(C)C)c(C(=O)O)o1. The van der Waals surface area contributed by atoms with Crippen molar-refractivity contribution < 1.29 is 19.1 Å². The van der Waals surface area contributed by atoms with Crippen LogP contribution < -0.4 is 0 Å². The fourth-order valence-corrected chi connectivity index (χ4v) is 1.60. The smallest absolute Gasteiger partial charge is 0.373 e. The summed E-state index contributed by atoms with van der Waals surface area (Å²) in [5, 5.41) is 9.08. The molecule has 0 aliphatic heterocycles. The molecule has 1 rings (SSSR count). The Labute approximate surface area is 107 Å². The Kier molecular flexibility index (Phi) is 4.51. The number of carbonyl (C=O) groups is 1. The largest absolute Gasteiger partial charge is 0.475 e. The van der Waals surface area contributed by atoms with Crippen molar-refractivity contribution in [1.82, 2.24) is 4.98 Å². The summed E-state index contributed by atoms with van der Waals surface area (Å²) in [6.07, 6.45) is 1.04. The molecule has 0 aliphatic carbocycles. The summed E-state index contributed by atoms with van der Waals surface area (Å²) in [5.74, 6) is -0.378. The molecule has 0 aliphatic rings. The standard InChI is InChI=1S/C13H21NO4/c1-8(2)6-9-11(12(15)16)18-10(14-9)7-13(3,4)17-5/h8H,6-7H2,1-5H3,(H,15,16). The van der Waals surface area contributed by atoms with Gasteiger partial charge in [-0.15, -0.1) is 0 Å². The van der Waals surface area contributed by atoms with Crippen LogP contribution in [0.1, 0.15) is 49.8 Å². The van der Waals surface area contributed by atoms with Crippen LogP contribution in [0.15, 0.2) is 4.42 Å². The van der Waals surface area contributed by atoms with Gasteiger partial charge in [0.05, 0.1) is 17.7 Å². The summed E-state index contributed by atoms with van der Waals surface area (Å²) in [7, 11) is 1.61. The minimum absolute atomic E-state index is 0.0504. The molecule has 1 aromatic rings. The van der Waals surface area contributed by atoms with Gasteiger partial charge in [-0.25, -0.2) is 9.78 Å². The number of ether oxygens (including phenoxy) is 1. The van der Waals surface area contributed by atoms with Gasteiger partial charge in [0.1, 0.15) is 0 Å². The van der Waals surface area contributed by atoms with E-state index in [1.54, 1.807) is 7.11 Å². The monoisotopic (exact) mass is 255 g/mol. The molecule has 0 amide bonds. The lowest BCUT2D eigenvalue weighted by molar-refractivity contribution is 0.0176. The van der Waals surface area contributed by atoms with Crippen LogP contribution in [0.2, 0.25) is 0 Å². The van der Waals surface area contributed by atoms with Gasteiger partial charge in [0, 0.05) is 7.11 Å². The van der Waals surface area contributed by atoms with E-state index in [1.807, 2.05) is 27.7 Å². The molecule has 1 aromatic heterocycles. The quantitative estimate of drug-likeness (QED) is 0.845. The van der Waals surface area contributed by atoms with Crippen molar-refractivity contribution >= 4 is 5.97 Å². The van der Waals surface area contributed by atoms with E-state index in [9.17, 15) is 4.79 Å². The Hall–Kier alpha value is -1.36. The Morgan fingerprint density at radius 2 is 2.11 bits per heavy atom. The van der Waals surface area contributed by atoms with Gasteiger partial charge in [-0.3, -0.25) is 0 Å². The van der Waals surface area contributed by atoms with Gasteiger partial charge in [0.15, 0.2) is 5.89 Å². The number of methoxy groups -OCH3 is 1. The lowest BCUT2D eigenvalue weighted by Crippen LogP contribution is -2.25. The number of carboxylic acids is 1. The normalized spacial score (nSPS) is 12.1. The summed E-state index contributed by atoms with van der Waals surface area (Å²) in [6, 6.07) is 0.